The fraction of sp³-hybridized carbons (Fsp3) is 0.381. The van der Waals surface area contributed by atoms with Gasteiger partial charge in [0.1, 0.15) is 18.3 Å². The van der Waals surface area contributed by atoms with Gasteiger partial charge in [-0.15, -0.1) is 0 Å². The van der Waals surface area contributed by atoms with Crippen LogP contribution in [0.4, 0.5) is 4.39 Å². The van der Waals surface area contributed by atoms with Crippen molar-refractivity contribution in [1.82, 2.24) is 0 Å². The SMILES string of the molecule is N#CCC1O[C@H](COCc2ccccc2)[C@@H](OCc2ccccc2)[C@H]1F. The maximum Gasteiger partial charge on any atom is 0.156 e. The van der Waals surface area contributed by atoms with Gasteiger partial charge < -0.3 is 14.2 Å². The molecule has 2 aromatic carbocycles. The quantitative estimate of drug-likeness (QED) is 0.723. The molecule has 3 rings (SSSR count). The molecule has 1 aliphatic heterocycles. The molecule has 0 aromatic heterocycles. The third-order valence-corrected chi connectivity index (χ3v) is 4.36. The summed E-state index contributed by atoms with van der Waals surface area (Å²) in [7, 11) is 0. The van der Waals surface area contributed by atoms with Crippen LogP contribution in [0.2, 0.25) is 0 Å². The van der Waals surface area contributed by atoms with Gasteiger partial charge in [-0.05, 0) is 11.1 Å². The van der Waals surface area contributed by atoms with Gasteiger partial charge in [0.05, 0.1) is 32.3 Å². The van der Waals surface area contributed by atoms with Crippen molar-refractivity contribution < 1.29 is 18.6 Å². The van der Waals surface area contributed by atoms with E-state index in [-0.39, 0.29) is 13.0 Å². The Bertz CT molecular complexity index is 704. The predicted molar refractivity (Wildman–Crippen MR) is 94.9 cm³/mol. The van der Waals surface area contributed by atoms with Gasteiger partial charge in [-0.1, -0.05) is 60.7 Å². The molecule has 4 atom stereocenters. The molecule has 1 aliphatic rings. The summed E-state index contributed by atoms with van der Waals surface area (Å²) in [4.78, 5) is 0. The van der Waals surface area contributed by atoms with Gasteiger partial charge in [-0.25, -0.2) is 4.39 Å². The van der Waals surface area contributed by atoms with E-state index in [4.69, 9.17) is 19.5 Å². The van der Waals surface area contributed by atoms with Crippen LogP contribution in [0.5, 0.6) is 0 Å². The molecule has 0 aliphatic carbocycles. The maximum atomic E-state index is 14.7. The van der Waals surface area contributed by atoms with Crippen molar-refractivity contribution in [3.05, 3.63) is 71.8 Å². The van der Waals surface area contributed by atoms with E-state index in [1.807, 2.05) is 66.7 Å². The average molecular weight is 355 g/mol. The molecule has 0 amide bonds. The minimum Gasteiger partial charge on any atom is -0.374 e. The van der Waals surface area contributed by atoms with Crippen LogP contribution in [-0.4, -0.2) is 31.1 Å². The molecule has 136 valence electrons. The summed E-state index contributed by atoms with van der Waals surface area (Å²) in [6.45, 7) is 0.937. The summed E-state index contributed by atoms with van der Waals surface area (Å²) in [6, 6.07) is 21.3. The molecular weight excluding hydrogens is 333 g/mol. The summed E-state index contributed by atoms with van der Waals surface area (Å²) < 4.78 is 31.9. The largest absolute Gasteiger partial charge is 0.374 e. The standard InChI is InChI=1S/C21H22FNO3/c22-20-18(11-12-23)26-19(15-24-13-16-7-3-1-4-8-16)21(20)25-14-17-9-5-2-6-10-17/h1-10,18-21H,11,13-15H2/t18?,19-,20+,21-/m1/s1. The molecule has 5 heteroatoms. The third-order valence-electron chi connectivity index (χ3n) is 4.36. The average Bonchev–Trinajstić information content (AvgIpc) is 2.97. The third kappa shape index (κ3) is 4.89. The zero-order valence-electron chi connectivity index (χ0n) is 14.5. The van der Waals surface area contributed by atoms with E-state index in [9.17, 15) is 4.39 Å². The summed E-state index contributed by atoms with van der Waals surface area (Å²) in [6.07, 6.45) is -3.39. The van der Waals surface area contributed by atoms with Gasteiger partial charge in [0.25, 0.3) is 0 Å². The second kappa shape index (κ2) is 9.44. The van der Waals surface area contributed by atoms with Crippen molar-refractivity contribution >= 4 is 0 Å². The molecule has 0 radical (unpaired) electrons. The first kappa shape index (κ1) is 18.5. The van der Waals surface area contributed by atoms with E-state index < -0.39 is 24.5 Å². The first-order valence-electron chi connectivity index (χ1n) is 8.71. The first-order valence-corrected chi connectivity index (χ1v) is 8.71. The Balaban J connectivity index is 1.57. The van der Waals surface area contributed by atoms with E-state index >= 15 is 0 Å². The molecule has 0 N–H and O–H groups in total. The van der Waals surface area contributed by atoms with Crippen LogP contribution in [0.3, 0.4) is 0 Å². The number of halogens is 1. The Labute approximate surface area is 153 Å². The van der Waals surface area contributed by atoms with E-state index in [0.717, 1.165) is 11.1 Å². The highest BCUT2D eigenvalue weighted by molar-refractivity contribution is 5.14. The Hall–Kier alpha value is -2.26. The Morgan fingerprint density at radius 2 is 1.54 bits per heavy atom. The van der Waals surface area contributed by atoms with E-state index in [1.54, 1.807) is 0 Å². The maximum absolute atomic E-state index is 14.7. The zero-order valence-corrected chi connectivity index (χ0v) is 14.5. The van der Waals surface area contributed by atoms with Gasteiger partial charge in [-0.3, -0.25) is 0 Å². The number of hydrogen-bond acceptors (Lipinski definition) is 4. The topological polar surface area (TPSA) is 51.5 Å². The molecule has 1 unspecified atom stereocenters. The second-order valence-electron chi connectivity index (χ2n) is 6.28. The molecule has 0 spiro atoms. The molecule has 0 bridgehead atoms. The number of hydrogen-bond donors (Lipinski definition) is 0. The van der Waals surface area contributed by atoms with Crippen molar-refractivity contribution in [3.63, 3.8) is 0 Å². The highest BCUT2D eigenvalue weighted by Gasteiger charge is 2.45. The Kier molecular flexibility index (Phi) is 6.73. The van der Waals surface area contributed by atoms with Crippen LogP contribution in [0.25, 0.3) is 0 Å². The van der Waals surface area contributed by atoms with Crippen LogP contribution in [0.15, 0.2) is 60.7 Å². The molecule has 1 heterocycles. The van der Waals surface area contributed by atoms with Crippen molar-refractivity contribution in [3.8, 4) is 6.07 Å². The van der Waals surface area contributed by atoms with Gasteiger partial charge in [0.15, 0.2) is 6.17 Å². The molecule has 4 nitrogen and oxygen atoms in total. The van der Waals surface area contributed by atoms with Crippen LogP contribution < -0.4 is 0 Å². The van der Waals surface area contributed by atoms with Crippen LogP contribution in [-0.2, 0) is 27.4 Å². The highest BCUT2D eigenvalue weighted by atomic mass is 19.1. The Morgan fingerprint density at radius 1 is 0.923 bits per heavy atom. The summed E-state index contributed by atoms with van der Waals surface area (Å²) in [5.74, 6) is 0. The minimum absolute atomic E-state index is 0.00154. The number of nitriles is 1. The molecule has 2 aromatic rings. The smallest absolute Gasteiger partial charge is 0.156 e. The van der Waals surface area contributed by atoms with Crippen LogP contribution in [0.1, 0.15) is 17.5 Å². The number of nitrogens with zero attached hydrogens (tertiary/aromatic N) is 1. The number of ether oxygens (including phenoxy) is 3. The number of rotatable bonds is 8. The lowest BCUT2D eigenvalue weighted by atomic mass is 10.1. The first-order chi connectivity index (χ1) is 12.8. The lowest BCUT2D eigenvalue weighted by Gasteiger charge is -2.20. The van der Waals surface area contributed by atoms with Crippen molar-refractivity contribution in [2.75, 3.05) is 6.61 Å². The van der Waals surface area contributed by atoms with Crippen LogP contribution in [0, 0.1) is 11.3 Å². The highest BCUT2D eigenvalue weighted by Crippen LogP contribution is 2.29. The fourth-order valence-electron chi connectivity index (χ4n) is 3.01. The monoisotopic (exact) mass is 355 g/mol. The molecule has 26 heavy (non-hydrogen) atoms. The van der Waals surface area contributed by atoms with Gasteiger partial charge in [-0.2, -0.15) is 5.26 Å². The van der Waals surface area contributed by atoms with Gasteiger partial charge in [0, 0.05) is 0 Å². The van der Waals surface area contributed by atoms with E-state index in [0.29, 0.717) is 13.2 Å². The normalized spacial score (nSPS) is 25.1. The zero-order chi connectivity index (χ0) is 18.2. The summed E-state index contributed by atoms with van der Waals surface area (Å²) >= 11 is 0. The van der Waals surface area contributed by atoms with Crippen molar-refractivity contribution in [2.45, 2.75) is 44.1 Å². The van der Waals surface area contributed by atoms with Gasteiger partial charge >= 0.3 is 0 Å². The lowest BCUT2D eigenvalue weighted by molar-refractivity contribution is -0.0729. The summed E-state index contributed by atoms with van der Waals surface area (Å²) in [5.41, 5.74) is 2.00. The van der Waals surface area contributed by atoms with Gasteiger partial charge in [0.2, 0.25) is 0 Å². The second-order valence-corrected chi connectivity index (χ2v) is 6.28. The number of alkyl halides is 1. The van der Waals surface area contributed by atoms with Crippen LogP contribution >= 0.6 is 0 Å². The summed E-state index contributed by atoms with van der Waals surface area (Å²) in [5, 5.41) is 8.88. The minimum atomic E-state index is -1.34. The Morgan fingerprint density at radius 3 is 2.15 bits per heavy atom. The fourth-order valence-corrected chi connectivity index (χ4v) is 3.01. The molecule has 0 saturated carbocycles. The predicted octanol–water partition coefficient (Wildman–Crippen LogP) is 3.81. The lowest BCUT2D eigenvalue weighted by Crippen LogP contribution is -2.34. The van der Waals surface area contributed by atoms with Crippen molar-refractivity contribution in [2.24, 2.45) is 0 Å². The van der Waals surface area contributed by atoms with Crippen molar-refractivity contribution in [1.29, 1.82) is 5.26 Å². The van der Waals surface area contributed by atoms with E-state index in [1.165, 1.54) is 0 Å². The van der Waals surface area contributed by atoms with E-state index in [2.05, 4.69) is 0 Å². The molecule has 1 saturated heterocycles. The number of benzene rings is 2. The molecule has 1 fully saturated rings. The molecular formula is C21H22FNO3.